The van der Waals surface area contributed by atoms with Crippen LogP contribution >= 0.6 is 0 Å². The maximum Gasteiger partial charge on any atom is 0.244 e. The minimum atomic E-state index is -0.207. The van der Waals surface area contributed by atoms with Gasteiger partial charge in [-0.1, -0.05) is 24.3 Å². The molecule has 0 aliphatic heterocycles. The number of carbonyl (C=O) groups is 1. The number of amides is 1. The summed E-state index contributed by atoms with van der Waals surface area (Å²) < 4.78 is 3.88. The SMILES string of the molecule is N#CCCn1cc(/C=C/C(=O)NCc2nnc3ccccn23)c2ccccc21. The van der Waals surface area contributed by atoms with Crippen LogP contribution in [-0.2, 0) is 17.9 Å². The van der Waals surface area contributed by atoms with Crippen molar-refractivity contribution in [2.24, 2.45) is 0 Å². The van der Waals surface area contributed by atoms with Gasteiger partial charge in [-0.2, -0.15) is 5.26 Å². The molecule has 4 rings (SSSR count). The molecule has 0 atom stereocenters. The van der Waals surface area contributed by atoms with Crippen LogP contribution in [0.2, 0.25) is 0 Å². The van der Waals surface area contributed by atoms with Crippen molar-refractivity contribution in [3.63, 3.8) is 0 Å². The van der Waals surface area contributed by atoms with Crippen LogP contribution in [0.25, 0.3) is 22.6 Å². The number of aromatic nitrogens is 4. The number of rotatable bonds is 6. The van der Waals surface area contributed by atoms with E-state index in [0.717, 1.165) is 22.1 Å². The summed E-state index contributed by atoms with van der Waals surface area (Å²) >= 11 is 0. The summed E-state index contributed by atoms with van der Waals surface area (Å²) in [5, 5.41) is 20.9. The van der Waals surface area contributed by atoms with E-state index in [1.807, 2.05) is 63.8 Å². The summed E-state index contributed by atoms with van der Waals surface area (Å²) in [5.74, 6) is 0.465. The fraction of sp³-hybridized carbons (Fsp3) is 0.143. The van der Waals surface area contributed by atoms with Crippen LogP contribution in [0.3, 0.4) is 0 Å². The first-order valence-electron chi connectivity index (χ1n) is 8.95. The lowest BCUT2D eigenvalue weighted by molar-refractivity contribution is -0.116. The second-order valence-electron chi connectivity index (χ2n) is 6.30. The van der Waals surface area contributed by atoms with Crippen LogP contribution in [-0.4, -0.2) is 25.1 Å². The first kappa shape index (κ1) is 17.5. The van der Waals surface area contributed by atoms with Gasteiger partial charge in [0.05, 0.1) is 19.0 Å². The van der Waals surface area contributed by atoms with Crippen molar-refractivity contribution >= 4 is 28.5 Å². The normalized spacial score (nSPS) is 11.2. The predicted molar refractivity (Wildman–Crippen MR) is 106 cm³/mol. The molecule has 0 aliphatic rings. The monoisotopic (exact) mass is 370 g/mol. The molecule has 4 aromatic rings. The van der Waals surface area contributed by atoms with E-state index in [4.69, 9.17) is 5.26 Å². The van der Waals surface area contributed by atoms with E-state index in [1.54, 1.807) is 6.08 Å². The van der Waals surface area contributed by atoms with E-state index < -0.39 is 0 Å². The Balaban J connectivity index is 1.48. The van der Waals surface area contributed by atoms with Crippen LogP contribution < -0.4 is 5.32 Å². The molecule has 0 unspecified atom stereocenters. The molecule has 1 amide bonds. The Morgan fingerprint density at radius 1 is 1.18 bits per heavy atom. The number of nitrogens with one attached hydrogen (secondary N) is 1. The Morgan fingerprint density at radius 2 is 2.04 bits per heavy atom. The zero-order valence-corrected chi connectivity index (χ0v) is 15.1. The lowest BCUT2D eigenvalue weighted by atomic mass is 10.1. The van der Waals surface area contributed by atoms with E-state index in [0.29, 0.717) is 18.8 Å². The fourth-order valence-electron chi connectivity index (χ4n) is 3.17. The van der Waals surface area contributed by atoms with Crippen molar-refractivity contribution in [1.29, 1.82) is 5.26 Å². The lowest BCUT2D eigenvalue weighted by Gasteiger charge is -2.00. The van der Waals surface area contributed by atoms with Crippen molar-refractivity contribution in [2.75, 3.05) is 0 Å². The molecule has 0 aliphatic carbocycles. The van der Waals surface area contributed by atoms with E-state index in [-0.39, 0.29) is 12.5 Å². The average molecular weight is 370 g/mol. The maximum absolute atomic E-state index is 12.3. The number of fused-ring (bicyclic) bond motifs is 2. The van der Waals surface area contributed by atoms with Gasteiger partial charge in [-0.25, -0.2) is 0 Å². The van der Waals surface area contributed by atoms with Crippen molar-refractivity contribution in [2.45, 2.75) is 19.5 Å². The Bertz CT molecular complexity index is 1210. The number of carbonyl (C=O) groups excluding carboxylic acids is 1. The third-order valence-electron chi connectivity index (χ3n) is 4.50. The van der Waals surface area contributed by atoms with Crippen molar-refractivity contribution in [1.82, 2.24) is 24.5 Å². The minimum Gasteiger partial charge on any atom is -0.346 e. The molecule has 0 saturated heterocycles. The summed E-state index contributed by atoms with van der Waals surface area (Å²) in [4.78, 5) is 12.3. The molecule has 0 bridgehead atoms. The van der Waals surface area contributed by atoms with Crippen LogP contribution in [0.1, 0.15) is 17.8 Å². The second kappa shape index (κ2) is 7.76. The molecule has 3 heterocycles. The van der Waals surface area contributed by atoms with Gasteiger partial charge < -0.3 is 9.88 Å². The van der Waals surface area contributed by atoms with E-state index in [2.05, 4.69) is 21.6 Å². The number of nitrogens with zero attached hydrogens (tertiary/aromatic N) is 5. The van der Waals surface area contributed by atoms with Gasteiger partial charge in [-0.15, -0.1) is 10.2 Å². The predicted octanol–water partition coefficient (Wildman–Crippen LogP) is 2.93. The standard InChI is InChI=1S/C21H18N6O/c22-11-5-12-26-15-16(17-6-1-2-7-18(17)26)9-10-21(28)23-14-20-25-24-19-8-3-4-13-27(19)20/h1-4,6-10,13,15H,5,12,14H2,(H,23,28)/b10-9+. The largest absolute Gasteiger partial charge is 0.346 e. The third-order valence-corrected chi connectivity index (χ3v) is 4.50. The quantitative estimate of drug-likeness (QED) is 0.529. The molecular formula is C21H18N6O. The van der Waals surface area contributed by atoms with Gasteiger partial charge in [0, 0.05) is 41.5 Å². The average Bonchev–Trinajstić information content (AvgIpc) is 3.31. The smallest absolute Gasteiger partial charge is 0.244 e. The van der Waals surface area contributed by atoms with Gasteiger partial charge in [0.25, 0.3) is 0 Å². The van der Waals surface area contributed by atoms with Crippen molar-refractivity contribution in [3.05, 3.63) is 72.3 Å². The molecule has 3 aromatic heterocycles. The minimum absolute atomic E-state index is 0.207. The summed E-state index contributed by atoms with van der Waals surface area (Å²) in [6.07, 6.45) is 7.58. The molecule has 138 valence electrons. The van der Waals surface area contributed by atoms with Gasteiger partial charge in [0.2, 0.25) is 5.91 Å². The molecule has 0 saturated carbocycles. The Hall–Kier alpha value is -3.92. The number of nitriles is 1. The molecule has 28 heavy (non-hydrogen) atoms. The lowest BCUT2D eigenvalue weighted by Crippen LogP contribution is -2.21. The number of para-hydroxylation sites is 1. The molecule has 1 aromatic carbocycles. The van der Waals surface area contributed by atoms with Crippen LogP contribution in [0.5, 0.6) is 0 Å². The Morgan fingerprint density at radius 3 is 2.93 bits per heavy atom. The number of benzene rings is 1. The van der Waals surface area contributed by atoms with Crippen LogP contribution in [0.4, 0.5) is 0 Å². The summed E-state index contributed by atoms with van der Waals surface area (Å²) in [6.45, 7) is 0.912. The molecule has 1 N–H and O–H groups in total. The van der Waals surface area contributed by atoms with Gasteiger partial charge >= 0.3 is 0 Å². The van der Waals surface area contributed by atoms with Gasteiger partial charge in [-0.05, 0) is 24.3 Å². The molecule has 0 radical (unpaired) electrons. The zero-order valence-electron chi connectivity index (χ0n) is 15.1. The van der Waals surface area contributed by atoms with Crippen LogP contribution in [0.15, 0.2) is 60.9 Å². The summed E-state index contributed by atoms with van der Waals surface area (Å²) in [6, 6.07) is 15.8. The number of aryl methyl sites for hydroxylation is 1. The number of hydrogen-bond acceptors (Lipinski definition) is 4. The van der Waals surface area contributed by atoms with Crippen molar-refractivity contribution < 1.29 is 4.79 Å². The molecule has 7 nitrogen and oxygen atoms in total. The van der Waals surface area contributed by atoms with E-state index >= 15 is 0 Å². The highest BCUT2D eigenvalue weighted by Crippen LogP contribution is 2.22. The molecular weight excluding hydrogens is 352 g/mol. The van der Waals surface area contributed by atoms with Crippen LogP contribution in [0, 0.1) is 11.3 Å². The summed E-state index contributed by atoms with van der Waals surface area (Å²) in [5.41, 5.74) is 2.73. The molecule has 0 spiro atoms. The van der Waals surface area contributed by atoms with E-state index in [9.17, 15) is 4.79 Å². The highest BCUT2D eigenvalue weighted by atomic mass is 16.1. The Kier molecular flexibility index (Phi) is 4.85. The first-order valence-corrected chi connectivity index (χ1v) is 8.95. The zero-order chi connectivity index (χ0) is 19.3. The van der Waals surface area contributed by atoms with Crippen molar-refractivity contribution in [3.8, 4) is 6.07 Å². The van der Waals surface area contributed by atoms with Gasteiger partial charge in [-0.3, -0.25) is 9.20 Å². The summed E-state index contributed by atoms with van der Waals surface area (Å²) in [7, 11) is 0. The Labute approximate surface area is 161 Å². The highest BCUT2D eigenvalue weighted by molar-refractivity contribution is 5.96. The van der Waals surface area contributed by atoms with Gasteiger partial charge in [0.15, 0.2) is 11.5 Å². The molecule has 0 fully saturated rings. The third kappa shape index (κ3) is 3.48. The topological polar surface area (TPSA) is 88.0 Å². The fourth-order valence-corrected chi connectivity index (χ4v) is 3.17. The van der Waals surface area contributed by atoms with E-state index in [1.165, 1.54) is 6.08 Å². The maximum atomic E-state index is 12.3. The number of pyridine rings is 1. The second-order valence-corrected chi connectivity index (χ2v) is 6.30. The highest BCUT2D eigenvalue weighted by Gasteiger charge is 2.07. The first-order chi connectivity index (χ1) is 13.8. The number of hydrogen-bond donors (Lipinski definition) is 1. The molecule has 7 heteroatoms. The van der Waals surface area contributed by atoms with Gasteiger partial charge in [0.1, 0.15) is 0 Å².